The van der Waals surface area contributed by atoms with Gasteiger partial charge in [-0.25, -0.2) is 23.1 Å². The van der Waals surface area contributed by atoms with Crippen molar-refractivity contribution in [2.45, 2.75) is 44.6 Å². The van der Waals surface area contributed by atoms with Gasteiger partial charge in [0.15, 0.2) is 23.8 Å². The number of aromatic nitrogens is 2. The minimum atomic E-state index is -1.44. The van der Waals surface area contributed by atoms with Crippen LogP contribution in [0.2, 0.25) is 0 Å². The number of nitrogens with zero attached hydrogens (tertiary/aromatic N) is 6. The van der Waals surface area contributed by atoms with Crippen molar-refractivity contribution in [2.75, 3.05) is 24.5 Å². The second-order valence-electron chi connectivity index (χ2n) is 8.58. The summed E-state index contributed by atoms with van der Waals surface area (Å²) in [4.78, 5) is 15.2. The van der Waals surface area contributed by atoms with Gasteiger partial charge in [0.2, 0.25) is 0 Å². The smallest absolute Gasteiger partial charge is 0.259 e. The Balaban J connectivity index is 1.32. The molecule has 2 atom stereocenters. The third-order valence-corrected chi connectivity index (χ3v) is 6.55. The number of benzene rings is 1. The fraction of sp³-hybridized carbons (Fsp3) is 0.455. The van der Waals surface area contributed by atoms with E-state index in [1.165, 1.54) is 12.4 Å². The van der Waals surface area contributed by atoms with Gasteiger partial charge in [0.25, 0.3) is 5.84 Å². The molecule has 168 valence electrons. The van der Waals surface area contributed by atoms with Gasteiger partial charge in [-0.15, -0.1) is 5.43 Å². The van der Waals surface area contributed by atoms with Crippen LogP contribution < -0.4 is 10.3 Å². The van der Waals surface area contributed by atoms with Gasteiger partial charge in [0.1, 0.15) is 18.7 Å². The zero-order valence-corrected chi connectivity index (χ0v) is 17.8. The number of aliphatic imine (C=N–C) groups is 1. The van der Waals surface area contributed by atoms with E-state index in [2.05, 4.69) is 30.4 Å². The van der Waals surface area contributed by atoms with Gasteiger partial charge >= 0.3 is 0 Å². The van der Waals surface area contributed by atoms with Crippen LogP contribution in [0.4, 0.5) is 19.0 Å². The molecule has 32 heavy (non-hydrogen) atoms. The predicted octanol–water partition coefficient (Wildman–Crippen LogP) is 3.43. The van der Waals surface area contributed by atoms with E-state index in [1.54, 1.807) is 6.33 Å². The molecule has 2 unspecified atom stereocenters. The maximum Gasteiger partial charge on any atom is 0.259 e. The third kappa shape index (κ3) is 3.67. The number of rotatable bonds is 4. The molecule has 7 nitrogen and oxygen atoms in total. The normalized spacial score (nSPS) is 25.7. The molecule has 5 rings (SSSR count). The van der Waals surface area contributed by atoms with Crippen molar-refractivity contribution in [2.24, 2.45) is 10.1 Å². The molecule has 1 aromatic heterocycles. The summed E-state index contributed by atoms with van der Waals surface area (Å²) in [6.07, 6.45) is 6.20. The zero-order valence-electron chi connectivity index (χ0n) is 17.8. The average molecular weight is 444 g/mol. The van der Waals surface area contributed by atoms with E-state index in [4.69, 9.17) is 0 Å². The highest BCUT2D eigenvalue weighted by atomic mass is 19.2. The highest BCUT2D eigenvalue weighted by Gasteiger charge is 2.49. The molecule has 4 heterocycles. The van der Waals surface area contributed by atoms with Gasteiger partial charge in [0.05, 0.1) is 12.0 Å². The quantitative estimate of drug-likeness (QED) is 0.580. The van der Waals surface area contributed by atoms with Crippen LogP contribution in [0.3, 0.4) is 0 Å². The van der Waals surface area contributed by atoms with Crippen LogP contribution in [0.25, 0.3) is 0 Å². The summed E-state index contributed by atoms with van der Waals surface area (Å²) in [5, 5.41) is 4.59. The molecule has 3 aliphatic heterocycles. The lowest BCUT2D eigenvalue weighted by Crippen LogP contribution is -2.64. The lowest BCUT2D eigenvalue weighted by atomic mass is 9.88. The van der Waals surface area contributed by atoms with Crippen molar-refractivity contribution < 1.29 is 17.9 Å². The third-order valence-electron chi connectivity index (χ3n) is 6.55. The molecule has 2 fully saturated rings. The second-order valence-corrected chi connectivity index (χ2v) is 8.58. The fourth-order valence-electron chi connectivity index (χ4n) is 4.92. The van der Waals surface area contributed by atoms with Crippen LogP contribution in [0.5, 0.6) is 0 Å². The first-order chi connectivity index (χ1) is 15.5. The maximum atomic E-state index is 14.6. The molecule has 0 bridgehead atoms. The molecule has 0 aliphatic carbocycles. The van der Waals surface area contributed by atoms with Crippen LogP contribution in [-0.2, 0) is 0 Å². The largest absolute Gasteiger partial charge is 0.356 e. The SMILES string of the molecule is Cc1cc(N2CCC(N[N+]34CCCC(c5ccc(F)c(F)c5F)C3=NC=N4)CC2)ncn1. The van der Waals surface area contributed by atoms with E-state index in [-0.39, 0.29) is 16.3 Å². The summed E-state index contributed by atoms with van der Waals surface area (Å²) in [6, 6.07) is 4.46. The first-order valence-corrected chi connectivity index (χ1v) is 10.9. The first-order valence-electron chi connectivity index (χ1n) is 10.9. The van der Waals surface area contributed by atoms with Crippen molar-refractivity contribution in [3.05, 3.63) is 53.2 Å². The van der Waals surface area contributed by atoms with E-state index >= 15 is 0 Å². The number of nitrogens with one attached hydrogen (secondary N) is 1. The van der Waals surface area contributed by atoms with Crippen molar-refractivity contribution in [3.8, 4) is 0 Å². The number of aryl methyl sites for hydroxylation is 1. The Morgan fingerprint density at radius 3 is 2.66 bits per heavy atom. The van der Waals surface area contributed by atoms with Crippen molar-refractivity contribution in [1.29, 1.82) is 0 Å². The molecular formula is C22H25F3N7+. The first kappa shape index (κ1) is 21.0. The maximum absolute atomic E-state index is 14.6. The number of hydrogen-bond donors (Lipinski definition) is 1. The summed E-state index contributed by atoms with van der Waals surface area (Å²) in [7, 11) is 0. The van der Waals surface area contributed by atoms with Crippen LogP contribution >= 0.6 is 0 Å². The van der Waals surface area contributed by atoms with Gasteiger partial charge in [-0.2, -0.15) is 4.99 Å². The molecule has 3 aliphatic rings. The molecule has 2 aromatic rings. The van der Waals surface area contributed by atoms with E-state index in [9.17, 15) is 13.2 Å². The van der Waals surface area contributed by atoms with Gasteiger partial charge < -0.3 is 4.90 Å². The Bertz CT molecular complexity index is 1080. The van der Waals surface area contributed by atoms with E-state index in [1.807, 2.05) is 13.0 Å². The molecule has 0 radical (unpaired) electrons. The Morgan fingerprint density at radius 2 is 1.88 bits per heavy atom. The number of piperidine rings is 2. The molecule has 0 spiro atoms. The Morgan fingerprint density at radius 1 is 1.06 bits per heavy atom. The van der Waals surface area contributed by atoms with Crippen molar-refractivity contribution in [1.82, 2.24) is 15.4 Å². The highest BCUT2D eigenvalue weighted by Crippen LogP contribution is 2.37. The topological polar surface area (TPSA) is 65.8 Å². The number of fused-ring (bicyclic) bond motifs is 1. The summed E-state index contributed by atoms with van der Waals surface area (Å²) in [5.41, 5.74) is 4.69. The summed E-state index contributed by atoms with van der Waals surface area (Å²) in [6.45, 7) is 4.31. The molecule has 2 saturated heterocycles. The summed E-state index contributed by atoms with van der Waals surface area (Å²) in [5.74, 6) is -2.66. The van der Waals surface area contributed by atoms with Gasteiger partial charge in [-0.05, 0) is 37.4 Å². The number of quaternary nitrogens is 1. The van der Waals surface area contributed by atoms with Crippen molar-refractivity contribution >= 4 is 18.0 Å². The monoisotopic (exact) mass is 444 g/mol. The summed E-state index contributed by atoms with van der Waals surface area (Å²) >= 11 is 0. The minimum Gasteiger partial charge on any atom is -0.356 e. The van der Waals surface area contributed by atoms with E-state index < -0.39 is 23.4 Å². The zero-order chi connectivity index (χ0) is 22.3. The van der Waals surface area contributed by atoms with Gasteiger partial charge in [-0.3, -0.25) is 0 Å². The predicted molar refractivity (Wildman–Crippen MR) is 114 cm³/mol. The van der Waals surface area contributed by atoms with Crippen LogP contribution in [-0.4, -0.2) is 52.5 Å². The molecule has 10 heteroatoms. The number of hydrogen-bond acceptors (Lipinski definition) is 6. The Kier molecular flexibility index (Phi) is 5.42. The molecule has 0 amide bonds. The molecule has 1 aromatic carbocycles. The summed E-state index contributed by atoms with van der Waals surface area (Å²) < 4.78 is 42.0. The van der Waals surface area contributed by atoms with Crippen LogP contribution in [0, 0.1) is 24.4 Å². The average Bonchev–Trinajstić information content (AvgIpc) is 3.22. The Hall–Kier alpha value is -2.85. The highest BCUT2D eigenvalue weighted by molar-refractivity contribution is 5.91. The lowest BCUT2D eigenvalue weighted by molar-refractivity contribution is -0.899. The lowest BCUT2D eigenvalue weighted by Gasteiger charge is -2.41. The molecular weight excluding hydrogens is 419 g/mol. The number of amidine groups is 1. The Labute approximate surface area is 184 Å². The fourth-order valence-corrected chi connectivity index (χ4v) is 4.92. The van der Waals surface area contributed by atoms with Gasteiger partial charge in [0, 0.05) is 36.8 Å². The number of halogens is 3. The minimum absolute atomic E-state index is 0.0976. The molecule has 1 N–H and O–H groups in total. The van der Waals surface area contributed by atoms with E-state index in [0.29, 0.717) is 18.8 Å². The second kappa shape index (κ2) is 8.25. The van der Waals surface area contributed by atoms with Crippen molar-refractivity contribution in [3.63, 3.8) is 0 Å². The van der Waals surface area contributed by atoms with Crippen LogP contribution in [0.1, 0.15) is 42.9 Å². The molecule has 0 saturated carbocycles. The van der Waals surface area contributed by atoms with Gasteiger partial charge in [-0.1, -0.05) is 10.8 Å². The van der Waals surface area contributed by atoms with Crippen LogP contribution in [0.15, 0.2) is 34.6 Å². The number of anilines is 1. The van der Waals surface area contributed by atoms with E-state index in [0.717, 1.165) is 49.9 Å². The standard InChI is InChI=1S/C22H25F3N7/c1-14-11-19(27-12-26-14)31-8-6-15(7-9-31)30-32-10-2-3-17(22(32)28-13-29-32)16-4-5-18(23)21(25)20(16)24/h4-5,11-13,15,17,30H,2-3,6-10H2,1H3/q+1.